The van der Waals surface area contributed by atoms with Gasteiger partial charge in [-0.2, -0.15) is 0 Å². The van der Waals surface area contributed by atoms with Gasteiger partial charge in [0, 0.05) is 12.2 Å². The van der Waals surface area contributed by atoms with Gasteiger partial charge in [0.25, 0.3) is 0 Å². The molecule has 0 aliphatic rings. The smallest absolute Gasteiger partial charge is 0.243 e. The predicted molar refractivity (Wildman–Crippen MR) is 72.1 cm³/mol. The zero-order chi connectivity index (χ0) is 12.8. The summed E-state index contributed by atoms with van der Waals surface area (Å²) >= 11 is 0. The van der Waals surface area contributed by atoms with Crippen molar-refractivity contribution in [3.8, 4) is 0 Å². The van der Waals surface area contributed by atoms with Crippen molar-refractivity contribution < 1.29 is 4.79 Å². The Morgan fingerprint density at radius 2 is 2.00 bits per heavy atom. The topological polar surface area (TPSA) is 46.3 Å². The van der Waals surface area contributed by atoms with Crippen LogP contribution < -0.4 is 10.6 Å². The molecule has 0 aromatic heterocycles. The largest absolute Gasteiger partial charge is 0.320 e. The molecule has 0 saturated carbocycles. The van der Waals surface area contributed by atoms with Crippen molar-refractivity contribution in [2.45, 2.75) is 39.7 Å². The fourth-order valence-electron chi connectivity index (χ4n) is 1.95. The minimum Gasteiger partial charge on any atom is -0.320 e. The second kappa shape index (κ2) is 6.40. The number of likely N-dealkylation sites (N-methyl/N-ethyl adjacent to an activating group) is 1. The van der Waals surface area contributed by atoms with Crippen molar-refractivity contribution in [3.05, 3.63) is 29.8 Å². The quantitative estimate of drug-likeness (QED) is 0.850. The normalized spacial score (nSPS) is 12.2. The molecule has 17 heavy (non-hydrogen) atoms. The molecule has 0 aliphatic heterocycles. The van der Waals surface area contributed by atoms with Gasteiger partial charge in [-0.05, 0) is 31.9 Å². The van der Waals surface area contributed by atoms with Crippen molar-refractivity contribution in [1.82, 2.24) is 0 Å². The monoisotopic (exact) mass is 234 g/mol. The molecular weight excluding hydrogens is 212 g/mol. The first-order valence-electron chi connectivity index (χ1n) is 6.24. The van der Waals surface area contributed by atoms with E-state index in [1.165, 1.54) is 0 Å². The molecule has 1 rings (SSSR count). The van der Waals surface area contributed by atoms with Crippen LogP contribution in [0.4, 0.5) is 5.69 Å². The summed E-state index contributed by atoms with van der Waals surface area (Å²) in [6.07, 6.45) is 1.67. The highest BCUT2D eigenvalue weighted by atomic mass is 16.2. The molecule has 0 fully saturated rings. The Bertz CT molecular complexity index is 376. The van der Waals surface area contributed by atoms with E-state index in [1.807, 2.05) is 45.0 Å². The summed E-state index contributed by atoms with van der Waals surface area (Å²) in [7, 11) is 0. The number of carbonyl (C=O) groups is 1. The molecule has 0 unspecified atom stereocenters. The van der Waals surface area contributed by atoms with E-state index in [4.69, 9.17) is 5.73 Å². The van der Waals surface area contributed by atoms with Gasteiger partial charge in [-0.15, -0.1) is 0 Å². The van der Waals surface area contributed by atoms with Crippen LogP contribution in [-0.2, 0) is 4.79 Å². The summed E-state index contributed by atoms with van der Waals surface area (Å²) in [6, 6.07) is 7.51. The Kier molecular flexibility index (Phi) is 5.16. The van der Waals surface area contributed by atoms with Crippen molar-refractivity contribution in [1.29, 1.82) is 0 Å². The molecule has 94 valence electrons. The molecule has 3 nitrogen and oxygen atoms in total. The third kappa shape index (κ3) is 3.30. The number of carbonyl (C=O) groups excluding carboxylic acids is 1. The molecule has 0 saturated heterocycles. The first-order valence-corrected chi connectivity index (χ1v) is 6.24. The number of para-hydroxylation sites is 1. The number of nitrogens with zero attached hydrogens (tertiary/aromatic N) is 1. The number of hydrogen-bond donors (Lipinski definition) is 1. The Morgan fingerprint density at radius 1 is 1.35 bits per heavy atom. The first-order chi connectivity index (χ1) is 8.11. The summed E-state index contributed by atoms with van der Waals surface area (Å²) < 4.78 is 0. The van der Waals surface area contributed by atoms with Gasteiger partial charge >= 0.3 is 0 Å². The van der Waals surface area contributed by atoms with Crippen LogP contribution in [0.5, 0.6) is 0 Å². The van der Waals surface area contributed by atoms with Crippen molar-refractivity contribution in [3.63, 3.8) is 0 Å². The molecular formula is C14H22N2O. The summed E-state index contributed by atoms with van der Waals surface area (Å²) in [6.45, 7) is 6.68. The zero-order valence-corrected chi connectivity index (χ0v) is 10.9. The van der Waals surface area contributed by atoms with Crippen LogP contribution >= 0.6 is 0 Å². The van der Waals surface area contributed by atoms with Crippen LogP contribution in [0.25, 0.3) is 0 Å². The SMILES string of the molecule is CCC[C@@H](N)C(=O)N(CC)c1ccccc1C. The van der Waals surface area contributed by atoms with E-state index in [2.05, 4.69) is 0 Å². The van der Waals surface area contributed by atoms with Crippen LogP contribution in [0.1, 0.15) is 32.3 Å². The summed E-state index contributed by atoms with van der Waals surface area (Å²) in [5, 5.41) is 0. The summed E-state index contributed by atoms with van der Waals surface area (Å²) in [5.74, 6) is 0.0173. The number of aryl methyl sites for hydroxylation is 1. The van der Waals surface area contributed by atoms with Crippen LogP contribution in [0.15, 0.2) is 24.3 Å². The molecule has 0 bridgehead atoms. The molecule has 1 aromatic carbocycles. The van der Waals surface area contributed by atoms with Crippen molar-refractivity contribution in [2.75, 3.05) is 11.4 Å². The number of nitrogens with two attached hydrogens (primary N) is 1. The number of anilines is 1. The third-order valence-electron chi connectivity index (χ3n) is 2.91. The molecule has 1 amide bonds. The van der Waals surface area contributed by atoms with Gasteiger partial charge in [0.1, 0.15) is 0 Å². The number of rotatable bonds is 5. The number of amides is 1. The van der Waals surface area contributed by atoms with Crippen molar-refractivity contribution in [2.24, 2.45) is 5.73 Å². The Balaban J connectivity index is 2.92. The minimum absolute atomic E-state index is 0.0173. The first kappa shape index (κ1) is 13.7. The highest BCUT2D eigenvalue weighted by Gasteiger charge is 2.21. The van der Waals surface area contributed by atoms with E-state index in [0.29, 0.717) is 6.54 Å². The van der Waals surface area contributed by atoms with E-state index in [0.717, 1.165) is 24.1 Å². The van der Waals surface area contributed by atoms with Crippen LogP contribution in [-0.4, -0.2) is 18.5 Å². The standard InChI is InChI=1S/C14H22N2O/c1-4-8-12(15)14(17)16(5-2)13-10-7-6-9-11(13)3/h6-7,9-10,12H,4-5,8,15H2,1-3H3/t12-/m1/s1. The van der Waals surface area contributed by atoms with E-state index in [1.54, 1.807) is 4.90 Å². The maximum absolute atomic E-state index is 12.2. The lowest BCUT2D eigenvalue weighted by atomic mass is 10.1. The van der Waals surface area contributed by atoms with Gasteiger partial charge < -0.3 is 10.6 Å². The molecule has 1 aromatic rings. The molecule has 3 heteroatoms. The van der Waals surface area contributed by atoms with Gasteiger partial charge in [0.15, 0.2) is 0 Å². The van der Waals surface area contributed by atoms with E-state index < -0.39 is 0 Å². The Morgan fingerprint density at radius 3 is 2.53 bits per heavy atom. The van der Waals surface area contributed by atoms with E-state index >= 15 is 0 Å². The molecule has 2 N–H and O–H groups in total. The maximum Gasteiger partial charge on any atom is 0.243 e. The van der Waals surface area contributed by atoms with Gasteiger partial charge in [-0.1, -0.05) is 31.5 Å². The Hall–Kier alpha value is -1.35. The lowest BCUT2D eigenvalue weighted by molar-refractivity contribution is -0.119. The van der Waals surface area contributed by atoms with Gasteiger partial charge in [-0.3, -0.25) is 4.79 Å². The van der Waals surface area contributed by atoms with Crippen LogP contribution in [0.3, 0.4) is 0 Å². The molecule has 0 heterocycles. The Labute approximate surface area is 104 Å². The minimum atomic E-state index is -0.389. The average Bonchev–Trinajstić information content (AvgIpc) is 2.32. The maximum atomic E-state index is 12.2. The third-order valence-corrected chi connectivity index (χ3v) is 2.91. The molecule has 0 spiro atoms. The van der Waals surface area contributed by atoms with Gasteiger partial charge in [0.05, 0.1) is 6.04 Å². The number of hydrogen-bond acceptors (Lipinski definition) is 2. The zero-order valence-electron chi connectivity index (χ0n) is 10.9. The summed E-state index contributed by atoms with van der Waals surface area (Å²) in [4.78, 5) is 14.0. The van der Waals surface area contributed by atoms with Gasteiger partial charge in [0.2, 0.25) is 5.91 Å². The molecule has 0 aliphatic carbocycles. The van der Waals surface area contributed by atoms with Crippen molar-refractivity contribution >= 4 is 11.6 Å². The lowest BCUT2D eigenvalue weighted by Crippen LogP contribution is -2.44. The fraction of sp³-hybridized carbons (Fsp3) is 0.500. The van der Waals surface area contributed by atoms with E-state index in [-0.39, 0.29) is 11.9 Å². The summed E-state index contributed by atoms with van der Waals surface area (Å²) in [5.41, 5.74) is 7.97. The molecule has 0 radical (unpaired) electrons. The van der Waals surface area contributed by atoms with Crippen LogP contribution in [0, 0.1) is 6.92 Å². The number of benzene rings is 1. The van der Waals surface area contributed by atoms with Crippen LogP contribution in [0.2, 0.25) is 0 Å². The van der Waals surface area contributed by atoms with E-state index in [9.17, 15) is 4.79 Å². The lowest BCUT2D eigenvalue weighted by Gasteiger charge is -2.25. The highest BCUT2D eigenvalue weighted by Crippen LogP contribution is 2.20. The molecule has 1 atom stereocenters. The van der Waals surface area contributed by atoms with Gasteiger partial charge in [-0.25, -0.2) is 0 Å². The predicted octanol–water partition coefficient (Wildman–Crippen LogP) is 2.48. The second-order valence-electron chi connectivity index (χ2n) is 4.26. The second-order valence-corrected chi connectivity index (χ2v) is 4.26. The fourth-order valence-corrected chi connectivity index (χ4v) is 1.95. The average molecular weight is 234 g/mol. The highest BCUT2D eigenvalue weighted by molar-refractivity contribution is 5.97.